The summed E-state index contributed by atoms with van der Waals surface area (Å²) in [7, 11) is 12.7. The minimum absolute atomic E-state index is 0. The van der Waals surface area contributed by atoms with Crippen molar-refractivity contribution < 1.29 is 0 Å². The van der Waals surface area contributed by atoms with E-state index >= 15 is 0 Å². The molecular weight excluding hydrogens is 1420 g/mol. The summed E-state index contributed by atoms with van der Waals surface area (Å²) in [6.45, 7) is 5.93. The first-order valence-electron chi connectivity index (χ1n) is 31.0. The van der Waals surface area contributed by atoms with Crippen LogP contribution in [0, 0.1) is 0 Å². The molecule has 20 heteroatoms. The first-order valence-corrected chi connectivity index (χ1v) is 37.4. The third kappa shape index (κ3) is 15.5. The molecule has 0 spiro atoms. The summed E-state index contributed by atoms with van der Waals surface area (Å²) >= 11 is 48.1. The Labute approximate surface area is 616 Å². The molecule has 5 heterocycles. The van der Waals surface area contributed by atoms with Crippen molar-refractivity contribution >= 4 is 209 Å². The fourth-order valence-electron chi connectivity index (χ4n) is 12.2. The molecule has 0 bridgehead atoms. The Morgan fingerprint density at radius 2 is 0.579 bits per heavy atom. The molecule has 0 aliphatic carbocycles. The van der Waals surface area contributed by atoms with Crippen LogP contribution in [-0.2, 0) is 0 Å². The molecule has 488 valence electrons. The largest absolute Gasteiger partial charge is 0.340 e. The van der Waals surface area contributed by atoms with Gasteiger partial charge in [0.25, 0.3) is 0 Å². The minimum Gasteiger partial charge on any atom is -0.340 e. The van der Waals surface area contributed by atoms with Crippen LogP contribution in [-0.4, -0.2) is 96.3 Å². The molecule has 0 fully saturated rings. The van der Waals surface area contributed by atoms with Gasteiger partial charge in [-0.25, -0.2) is 0 Å². The lowest BCUT2D eigenvalue weighted by molar-refractivity contribution is 0.402. The van der Waals surface area contributed by atoms with Gasteiger partial charge in [0.2, 0.25) is 0 Å². The van der Waals surface area contributed by atoms with Crippen LogP contribution in [0.25, 0.3) is 0 Å². The quantitative estimate of drug-likeness (QED) is 0.104. The highest BCUT2D eigenvalue weighted by Crippen LogP contribution is 2.59. The fraction of sp³-hybridized carbons (Fsp3) is 0.200. The van der Waals surface area contributed by atoms with Crippen molar-refractivity contribution in [1.29, 1.82) is 0 Å². The Kier molecular flexibility index (Phi) is 22.7. The molecule has 8 nitrogen and oxygen atoms in total. The van der Waals surface area contributed by atoms with Gasteiger partial charge in [-0.1, -0.05) is 165 Å². The standard InChI is InChI=1S/C29H24Cl3N3S2.C29H25Cl2N3S2.C17H19ClN2S.ClH/c1-33(2)12-5-13-34-23-14-18(30)8-10-27(23)37-29-17-22(20(32)16-24(29)34)35-21-6-3-4-7-26(21)36-28-11-9-19(31)15-25(28)35;1-32(2)14-5-15-33-22-11-10-21(18-29(22)36-27-12-8-19(30)16-24(27)33)34-23-6-3-4-7-26(23)35-28-13-9-20(31)17-25(28)34;1-19(2)10-5-11-20-14-6-3-4-7-16(14)21-17-9-8-13(18)12-15(17)20;/h3-4,6-11,14-17H,5,12-13H2,1-2H3;3-4,6-13,16-18H,5,14-15H2,1-2H3;3-4,6-9,12H,5,10-11H2,1-2H3;1H. The maximum Gasteiger partial charge on any atom is 0.0668 e. The normalized spacial score (nSPS) is 13.5. The van der Waals surface area contributed by atoms with Gasteiger partial charge < -0.3 is 39.2 Å². The molecule has 0 saturated carbocycles. The molecule has 10 aromatic rings. The van der Waals surface area contributed by atoms with Crippen molar-refractivity contribution in [1.82, 2.24) is 14.7 Å². The summed E-state index contributed by atoms with van der Waals surface area (Å²) in [5.74, 6) is 0. The summed E-state index contributed by atoms with van der Waals surface area (Å²) in [6.07, 6.45) is 3.20. The van der Waals surface area contributed by atoms with Gasteiger partial charge in [0.05, 0.1) is 67.6 Å². The van der Waals surface area contributed by atoms with Gasteiger partial charge in [-0.3, -0.25) is 0 Å². The van der Waals surface area contributed by atoms with Crippen molar-refractivity contribution in [2.24, 2.45) is 0 Å². The number of hydrogen-bond donors (Lipinski definition) is 0. The first kappa shape index (κ1) is 69.7. The Morgan fingerprint density at radius 3 is 1.01 bits per heavy atom. The first-order chi connectivity index (χ1) is 45.5. The Hall–Kier alpha value is -5.14. The van der Waals surface area contributed by atoms with Crippen LogP contribution in [0.4, 0.5) is 68.2 Å². The van der Waals surface area contributed by atoms with E-state index in [1.54, 1.807) is 35.3 Å². The van der Waals surface area contributed by atoms with Crippen LogP contribution in [0.15, 0.2) is 243 Å². The van der Waals surface area contributed by atoms with Crippen LogP contribution in [0.1, 0.15) is 19.3 Å². The topological polar surface area (TPSA) is 25.9 Å². The number of para-hydroxylation sites is 3. The van der Waals surface area contributed by atoms with E-state index in [0.29, 0.717) is 10.0 Å². The third-order valence-electron chi connectivity index (χ3n) is 16.4. The second kappa shape index (κ2) is 31.0. The fourth-order valence-corrected chi connectivity index (χ4v) is 18.6. The second-order valence-corrected chi connectivity index (χ2v) is 32.0. The maximum absolute atomic E-state index is 7.12. The van der Waals surface area contributed by atoms with E-state index in [2.05, 4.69) is 239 Å². The van der Waals surface area contributed by atoms with E-state index < -0.39 is 0 Å². The molecule has 0 atom stereocenters. The molecular formula is C75H69Cl7N8S5. The number of fused-ring (bicyclic) bond motifs is 10. The van der Waals surface area contributed by atoms with Crippen molar-refractivity contribution in [3.63, 3.8) is 0 Å². The molecule has 0 amide bonds. The van der Waals surface area contributed by atoms with Gasteiger partial charge in [0.15, 0.2) is 0 Å². The zero-order valence-corrected chi connectivity index (χ0v) is 62.6. The van der Waals surface area contributed by atoms with Crippen LogP contribution in [0.3, 0.4) is 0 Å². The van der Waals surface area contributed by atoms with Gasteiger partial charge in [0.1, 0.15) is 0 Å². The van der Waals surface area contributed by atoms with Crippen molar-refractivity contribution in [3.05, 3.63) is 224 Å². The van der Waals surface area contributed by atoms with Crippen molar-refractivity contribution in [2.75, 3.05) is 106 Å². The van der Waals surface area contributed by atoms with E-state index in [0.717, 1.165) is 123 Å². The highest BCUT2D eigenvalue weighted by Gasteiger charge is 2.33. The molecule has 5 aliphatic heterocycles. The molecule has 15 rings (SSSR count). The van der Waals surface area contributed by atoms with Gasteiger partial charge >= 0.3 is 0 Å². The molecule has 0 saturated heterocycles. The molecule has 0 radical (unpaired) electrons. The van der Waals surface area contributed by atoms with Gasteiger partial charge in [-0.15, -0.1) is 12.4 Å². The third-order valence-corrected chi connectivity index (χ3v) is 23.5. The van der Waals surface area contributed by atoms with E-state index in [1.807, 2.05) is 59.9 Å². The van der Waals surface area contributed by atoms with E-state index in [-0.39, 0.29) is 12.4 Å². The number of halogens is 7. The maximum atomic E-state index is 7.12. The zero-order chi connectivity index (χ0) is 65.3. The number of benzene rings is 10. The smallest absolute Gasteiger partial charge is 0.0668 e. The average molecular weight is 1490 g/mol. The lowest BCUT2D eigenvalue weighted by Crippen LogP contribution is -2.25. The minimum atomic E-state index is 0. The van der Waals surface area contributed by atoms with E-state index in [1.165, 1.54) is 72.5 Å². The number of anilines is 12. The Morgan fingerprint density at radius 1 is 0.274 bits per heavy atom. The van der Waals surface area contributed by atoms with E-state index in [9.17, 15) is 0 Å². The van der Waals surface area contributed by atoms with Crippen molar-refractivity contribution in [3.8, 4) is 0 Å². The number of hydrogen-bond acceptors (Lipinski definition) is 13. The zero-order valence-electron chi connectivity index (χ0n) is 53.1. The Balaban J connectivity index is 0.000000141. The summed E-state index contributed by atoms with van der Waals surface area (Å²) in [4.78, 5) is 30.6. The van der Waals surface area contributed by atoms with E-state index in [4.69, 9.17) is 69.6 Å². The van der Waals surface area contributed by atoms with Crippen LogP contribution in [0.5, 0.6) is 0 Å². The lowest BCUT2D eigenvalue weighted by Gasteiger charge is -2.37. The number of nitrogens with zero attached hydrogens (tertiary/aromatic N) is 8. The molecule has 95 heavy (non-hydrogen) atoms. The average Bonchev–Trinajstić information content (AvgIpc) is 0.758. The SMILES string of the molecule is CN(C)CCCN1c2cc(Cl)ccc2Sc2cc(N3c4ccccc4Sc4ccc(Cl)cc43)c(Cl)cc21.CN(C)CCCN1c2ccc(N3c4ccccc4Sc4ccc(Cl)cc43)cc2Sc2ccc(Cl)cc21.CN(C)CCCN1c2ccccc2Sc2ccc(Cl)cc21.Cl. The second-order valence-electron chi connectivity index (χ2n) is 24.0. The van der Waals surface area contributed by atoms with Gasteiger partial charge in [-0.05, 0) is 239 Å². The van der Waals surface area contributed by atoms with Gasteiger partial charge in [0, 0.05) is 99.4 Å². The van der Waals surface area contributed by atoms with Crippen LogP contribution in [0.2, 0.25) is 30.1 Å². The predicted molar refractivity (Wildman–Crippen MR) is 416 cm³/mol. The molecule has 5 aliphatic rings. The lowest BCUT2D eigenvalue weighted by atomic mass is 10.1. The molecule has 0 unspecified atom stereocenters. The predicted octanol–water partition coefficient (Wildman–Crippen LogP) is 24.9. The monoisotopic (exact) mass is 1490 g/mol. The molecule has 0 N–H and O–H groups in total. The highest BCUT2D eigenvalue weighted by molar-refractivity contribution is 8.00. The highest BCUT2D eigenvalue weighted by atomic mass is 35.5. The Bertz CT molecular complexity index is 4460. The summed E-state index contributed by atoms with van der Waals surface area (Å²) in [5, 5.41) is 4.43. The molecule has 10 aromatic carbocycles. The number of rotatable bonds is 14. The molecule has 0 aromatic heterocycles. The van der Waals surface area contributed by atoms with Crippen molar-refractivity contribution in [2.45, 2.75) is 68.2 Å². The summed E-state index contributed by atoms with van der Waals surface area (Å²) < 4.78 is 0. The summed E-state index contributed by atoms with van der Waals surface area (Å²) in [6, 6.07) is 67.4. The van der Waals surface area contributed by atoms with Gasteiger partial charge in [-0.2, -0.15) is 0 Å². The van der Waals surface area contributed by atoms with Crippen LogP contribution < -0.4 is 24.5 Å². The summed E-state index contributed by atoms with van der Waals surface area (Å²) in [5.41, 5.74) is 13.7. The van der Waals surface area contributed by atoms with Crippen LogP contribution >= 0.6 is 141 Å².